The second kappa shape index (κ2) is 2.94. The van der Waals surface area contributed by atoms with Crippen LogP contribution in [0.2, 0.25) is 0 Å². The molecule has 1 heterocycles. The summed E-state index contributed by atoms with van der Waals surface area (Å²) in [7, 11) is 0. The summed E-state index contributed by atoms with van der Waals surface area (Å²) >= 11 is 0. The summed E-state index contributed by atoms with van der Waals surface area (Å²) < 4.78 is 24.1. The SMILES string of the molecule is C[C@@H]1C(C=O)=NN[C@@H]1C(F)F. The minimum atomic E-state index is -2.48. The average Bonchev–Trinajstić information content (AvgIpc) is 2.30. The minimum Gasteiger partial charge on any atom is -0.300 e. The number of aldehydes is 1. The van der Waals surface area contributed by atoms with Gasteiger partial charge in [-0.2, -0.15) is 5.10 Å². The first-order valence-electron chi connectivity index (χ1n) is 3.23. The first-order valence-corrected chi connectivity index (χ1v) is 3.23. The summed E-state index contributed by atoms with van der Waals surface area (Å²) in [6.07, 6.45) is -1.98. The Morgan fingerprint density at radius 2 is 2.36 bits per heavy atom. The Balaban J connectivity index is 2.63. The Bertz CT molecular complexity index is 193. The van der Waals surface area contributed by atoms with E-state index >= 15 is 0 Å². The molecule has 11 heavy (non-hydrogen) atoms. The normalized spacial score (nSPS) is 30.0. The maximum atomic E-state index is 12.0. The van der Waals surface area contributed by atoms with Gasteiger partial charge in [0.1, 0.15) is 11.8 Å². The van der Waals surface area contributed by atoms with Crippen LogP contribution in [0.5, 0.6) is 0 Å². The number of rotatable bonds is 2. The molecule has 1 N–H and O–H groups in total. The van der Waals surface area contributed by atoms with Crippen LogP contribution < -0.4 is 5.43 Å². The lowest BCUT2D eigenvalue weighted by molar-refractivity contribution is -0.102. The van der Waals surface area contributed by atoms with Gasteiger partial charge >= 0.3 is 0 Å². The number of halogens is 2. The standard InChI is InChI=1S/C6H8F2N2O/c1-3-4(2-11)9-10-5(3)6(7)8/h2-3,5-6,10H,1H3/t3-,5+/m1/s1. The highest BCUT2D eigenvalue weighted by molar-refractivity contribution is 6.29. The van der Waals surface area contributed by atoms with Crippen molar-refractivity contribution in [2.24, 2.45) is 11.0 Å². The van der Waals surface area contributed by atoms with Crippen LogP contribution in [-0.2, 0) is 4.79 Å². The lowest BCUT2D eigenvalue weighted by Gasteiger charge is -2.12. The molecule has 2 atom stereocenters. The Morgan fingerprint density at radius 3 is 2.64 bits per heavy atom. The maximum absolute atomic E-state index is 12.0. The van der Waals surface area contributed by atoms with Crippen LogP contribution in [0.25, 0.3) is 0 Å². The Hall–Kier alpha value is -1.00. The largest absolute Gasteiger partial charge is 0.300 e. The Labute approximate surface area is 62.5 Å². The van der Waals surface area contributed by atoms with Crippen molar-refractivity contribution in [2.75, 3.05) is 0 Å². The van der Waals surface area contributed by atoms with Crippen LogP contribution in [0.4, 0.5) is 8.78 Å². The Kier molecular flexibility index (Phi) is 2.16. The fraction of sp³-hybridized carbons (Fsp3) is 0.667. The molecule has 0 unspecified atom stereocenters. The van der Waals surface area contributed by atoms with Crippen LogP contribution in [0.3, 0.4) is 0 Å². The van der Waals surface area contributed by atoms with Gasteiger partial charge in [-0.25, -0.2) is 8.78 Å². The molecule has 1 aliphatic heterocycles. The molecule has 0 saturated heterocycles. The van der Waals surface area contributed by atoms with Gasteiger partial charge in [0, 0.05) is 5.92 Å². The van der Waals surface area contributed by atoms with Gasteiger partial charge < -0.3 is 5.43 Å². The van der Waals surface area contributed by atoms with E-state index in [1.165, 1.54) is 0 Å². The van der Waals surface area contributed by atoms with Crippen LogP contribution in [0.15, 0.2) is 5.10 Å². The molecule has 1 aliphatic rings. The van der Waals surface area contributed by atoms with E-state index in [0.29, 0.717) is 6.29 Å². The van der Waals surface area contributed by atoms with Gasteiger partial charge in [-0.05, 0) is 0 Å². The van der Waals surface area contributed by atoms with Crippen LogP contribution in [-0.4, -0.2) is 24.5 Å². The van der Waals surface area contributed by atoms with Gasteiger partial charge in [0.15, 0.2) is 6.29 Å². The molecule has 0 spiro atoms. The fourth-order valence-electron chi connectivity index (χ4n) is 0.955. The zero-order valence-electron chi connectivity index (χ0n) is 5.92. The van der Waals surface area contributed by atoms with E-state index in [9.17, 15) is 13.6 Å². The molecule has 0 fully saturated rings. The van der Waals surface area contributed by atoms with Crippen molar-refractivity contribution in [3.05, 3.63) is 0 Å². The van der Waals surface area contributed by atoms with Gasteiger partial charge in [-0.15, -0.1) is 0 Å². The van der Waals surface area contributed by atoms with Crippen molar-refractivity contribution in [1.29, 1.82) is 0 Å². The smallest absolute Gasteiger partial charge is 0.260 e. The van der Waals surface area contributed by atoms with E-state index in [0.717, 1.165) is 0 Å². The highest BCUT2D eigenvalue weighted by Gasteiger charge is 2.33. The van der Waals surface area contributed by atoms with Crippen molar-refractivity contribution < 1.29 is 13.6 Å². The molecule has 0 aromatic heterocycles. The molecule has 62 valence electrons. The number of carbonyl (C=O) groups excluding carboxylic acids is 1. The highest BCUT2D eigenvalue weighted by atomic mass is 19.3. The first kappa shape index (κ1) is 8.10. The second-order valence-corrected chi connectivity index (χ2v) is 2.43. The summed E-state index contributed by atoms with van der Waals surface area (Å²) in [6, 6.07) is -1.00. The number of alkyl halides is 2. The third-order valence-corrected chi connectivity index (χ3v) is 1.74. The van der Waals surface area contributed by atoms with Gasteiger partial charge in [0.2, 0.25) is 0 Å². The highest BCUT2D eigenvalue weighted by Crippen LogP contribution is 2.17. The molecule has 0 aromatic rings. The number of hydrogen-bond acceptors (Lipinski definition) is 3. The summed E-state index contributed by atoms with van der Waals surface area (Å²) in [5, 5.41) is 3.46. The van der Waals surface area contributed by atoms with Crippen molar-refractivity contribution in [3.63, 3.8) is 0 Å². The first-order chi connectivity index (χ1) is 5.16. The molecule has 0 radical (unpaired) electrons. The van der Waals surface area contributed by atoms with Crippen LogP contribution >= 0.6 is 0 Å². The summed E-state index contributed by atoms with van der Waals surface area (Å²) in [6.45, 7) is 1.55. The maximum Gasteiger partial charge on any atom is 0.260 e. The van der Waals surface area contributed by atoms with E-state index in [1.54, 1.807) is 6.92 Å². The third-order valence-electron chi connectivity index (χ3n) is 1.74. The molecule has 3 nitrogen and oxygen atoms in total. The zero-order valence-corrected chi connectivity index (χ0v) is 5.92. The molecule has 0 bridgehead atoms. The predicted molar refractivity (Wildman–Crippen MR) is 35.6 cm³/mol. The van der Waals surface area contributed by atoms with Crippen molar-refractivity contribution in [2.45, 2.75) is 19.4 Å². The third kappa shape index (κ3) is 1.36. The number of carbonyl (C=O) groups is 1. The molecule has 5 heteroatoms. The summed E-state index contributed by atoms with van der Waals surface area (Å²) in [5.41, 5.74) is 2.38. The van der Waals surface area contributed by atoms with Gasteiger partial charge in [-0.3, -0.25) is 4.79 Å². The summed E-state index contributed by atoms with van der Waals surface area (Å²) in [5.74, 6) is -0.493. The number of hydrazone groups is 1. The fourth-order valence-corrected chi connectivity index (χ4v) is 0.955. The van der Waals surface area contributed by atoms with Crippen LogP contribution in [0.1, 0.15) is 6.92 Å². The van der Waals surface area contributed by atoms with E-state index in [2.05, 4.69) is 10.5 Å². The predicted octanol–water partition coefficient (Wildman–Crippen LogP) is 0.414. The molecule has 0 aliphatic carbocycles. The number of nitrogens with one attached hydrogen (secondary N) is 1. The van der Waals surface area contributed by atoms with E-state index in [1.807, 2.05) is 0 Å². The number of nitrogens with zero attached hydrogens (tertiary/aromatic N) is 1. The van der Waals surface area contributed by atoms with Gasteiger partial charge in [-0.1, -0.05) is 6.92 Å². The minimum absolute atomic E-state index is 0.162. The zero-order chi connectivity index (χ0) is 8.43. The average molecular weight is 162 g/mol. The monoisotopic (exact) mass is 162 g/mol. The lowest BCUT2D eigenvalue weighted by atomic mass is 10.00. The van der Waals surface area contributed by atoms with Crippen molar-refractivity contribution in [1.82, 2.24) is 5.43 Å². The molecule has 1 rings (SSSR count). The van der Waals surface area contributed by atoms with Crippen molar-refractivity contribution in [3.8, 4) is 0 Å². The quantitative estimate of drug-likeness (QED) is 0.597. The second-order valence-electron chi connectivity index (χ2n) is 2.43. The Morgan fingerprint density at radius 1 is 1.73 bits per heavy atom. The van der Waals surface area contributed by atoms with Gasteiger partial charge in [0.05, 0.1) is 0 Å². The molecular formula is C6H8F2N2O. The van der Waals surface area contributed by atoms with E-state index in [4.69, 9.17) is 0 Å². The molecular weight excluding hydrogens is 154 g/mol. The van der Waals surface area contributed by atoms with Crippen LogP contribution in [0, 0.1) is 5.92 Å². The topological polar surface area (TPSA) is 41.5 Å². The number of hydrogen-bond donors (Lipinski definition) is 1. The van der Waals surface area contributed by atoms with E-state index in [-0.39, 0.29) is 5.71 Å². The lowest BCUT2D eigenvalue weighted by Crippen LogP contribution is -2.34. The molecule has 0 saturated carbocycles. The van der Waals surface area contributed by atoms with Crippen molar-refractivity contribution >= 4 is 12.0 Å². The van der Waals surface area contributed by atoms with E-state index < -0.39 is 18.4 Å². The van der Waals surface area contributed by atoms with Gasteiger partial charge in [0.25, 0.3) is 6.43 Å². The molecule has 0 amide bonds. The molecule has 0 aromatic carbocycles. The summed E-state index contributed by atoms with van der Waals surface area (Å²) in [4.78, 5) is 10.2.